The van der Waals surface area contributed by atoms with Gasteiger partial charge in [-0.25, -0.2) is 8.42 Å². The van der Waals surface area contributed by atoms with Gasteiger partial charge in [0.05, 0.1) is 23.2 Å². The van der Waals surface area contributed by atoms with Gasteiger partial charge in [-0.15, -0.1) is 10.2 Å². The van der Waals surface area contributed by atoms with Crippen molar-refractivity contribution in [1.82, 2.24) is 15.1 Å². The molecule has 23 heavy (non-hydrogen) atoms. The zero-order valence-electron chi connectivity index (χ0n) is 13.1. The Balaban J connectivity index is 1.54. The number of hydrogen-bond acceptors (Lipinski definition) is 7. The van der Waals surface area contributed by atoms with Crippen molar-refractivity contribution in [3.05, 3.63) is 5.89 Å². The van der Waals surface area contributed by atoms with Gasteiger partial charge in [-0.1, -0.05) is 11.8 Å². The first-order chi connectivity index (χ1) is 10.9. The maximum absolute atomic E-state index is 12.3. The van der Waals surface area contributed by atoms with Crippen molar-refractivity contribution >= 4 is 27.5 Å². The number of likely N-dealkylation sites (tertiary alicyclic amines) is 1. The van der Waals surface area contributed by atoms with Crippen LogP contribution >= 0.6 is 11.8 Å². The van der Waals surface area contributed by atoms with Gasteiger partial charge in [0.15, 0.2) is 9.84 Å². The largest absolute Gasteiger partial charge is 0.416 e. The molecule has 3 rings (SSSR count). The summed E-state index contributed by atoms with van der Waals surface area (Å²) in [7, 11) is -2.98. The summed E-state index contributed by atoms with van der Waals surface area (Å²) in [5, 5.41) is 8.20. The smallest absolute Gasteiger partial charge is 0.277 e. The van der Waals surface area contributed by atoms with E-state index < -0.39 is 9.84 Å². The lowest BCUT2D eigenvalue weighted by Gasteiger charge is -2.33. The van der Waals surface area contributed by atoms with Crippen LogP contribution in [0.4, 0.5) is 0 Å². The van der Waals surface area contributed by atoms with Gasteiger partial charge in [-0.05, 0) is 32.6 Å². The molecule has 3 heterocycles. The van der Waals surface area contributed by atoms with Crippen molar-refractivity contribution in [3.8, 4) is 0 Å². The molecule has 0 bridgehead atoms. The fourth-order valence-electron chi connectivity index (χ4n) is 3.11. The van der Waals surface area contributed by atoms with Crippen LogP contribution in [0.1, 0.15) is 44.4 Å². The van der Waals surface area contributed by atoms with Crippen molar-refractivity contribution in [1.29, 1.82) is 0 Å². The highest BCUT2D eigenvalue weighted by atomic mass is 32.2. The van der Waals surface area contributed by atoms with E-state index >= 15 is 0 Å². The van der Waals surface area contributed by atoms with Crippen LogP contribution in [0, 0.1) is 0 Å². The van der Waals surface area contributed by atoms with E-state index in [-0.39, 0.29) is 29.1 Å². The first kappa shape index (κ1) is 16.8. The van der Waals surface area contributed by atoms with E-state index in [0.717, 1.165) is 19.4 Å². The van der Waals surface area contributed by atoms with Crippen molar-refractivity contribution in [2.45, 2.75) is 49.8 Å². The third-order valence-corrected chi connectivity index (χ3v) is 7.02. The lowest BCUT2D eigenvalue weighted by atomic mass is 10.0. The van der Waals surface area contributed by atoms with Crippen LogP contribution in [0.3, 0.4) is 0 Å². The van der Waals surface area contributed by atoms with E-state index in [9.17, 15) is 13.2 Å². The van der Waals surface area contributed by atoms with Gasteiger partial charge in [-0.2, -0.15) is 0 Å². The minimum absolute atomic E-state index is 0.0729. The second-order valence-electron chi connectivity index (χ2n) is 6.23. The highest BCUT2D eigenvalue weighted by molar-refractivity contribution is 7.99. The summed E-state index contributed by atoms with van der Waals surface area (Å²) in [6, 6.07) is 0.291. The van der Waals surface area contributed by atoms with Crippen LogP contribution in [-0.4, -0.2) is 59.3 Å². The number of aromatic nitrogens is 2. The maximum atomic E-state index is 12.3. The van der Waals surface area contributed by atoms with Gasteiger partial charge in [0, 0.05) is 12.6 Å². The molecule has 2 aliphatic heterocycles. The third-order valence-electron chi connectivity index (χ3n) is 4.45. The minimum Gasteiger partial charge on any atom is -0.416 e. The minimum atomic E-state index is -2.98. The van der Waals surface area contributed by atoms with E-state index in [1.807, 2.05) is 4.90 Å². The van der Waals surface area contributed by atoms with Crippen LogP contribution in [0.25, 0.3) is 0 Å². The fraction of sp³-hybridized carbons (Fsp3) is 0.786. The van der Waals surface area contributed by atoms with Gasteiger partial charge in [0.2, 0.25) is 11.8 Å². The number of carbonyl (C=O) groups excluding carboxylic acids is 1. The Hall–Kier alpha value is -1.09. The number of thioether (sulfide) groups is 1. The molecule has 2 aliphatic rings. The predicted molar refractivity (Wildman–Crippen MR) is 86.1 cm³/mol. The molecule has 0 N–H and O–H groups in total. The Morgan fingerprint density at radius 1 is 1.35 bits per heavy atom. The highest BCUT2D eigenvalue weighted by Crippen LogP contribution is 2.30. The number of carbonyl (C=O) groups is 1. The zero-order chi connectivity index (χ0) is 16.4. The number of piperidine rings is 1. The van der Waals surface area contributed by atoms with Gasteiger partial charge < -0.3 is 9.32 Å². The normalized spacial score (nSPS) is 27.3. The monoisotopic (exact) mass is 359 g/mol. The Labute approximate surface area is 140 Å². The zero-order valence-corrected chi connectivity index (χ0v) is 14.7. The second-order valence-corrected chi connectivity index (χ2v) is 9.38. The number of hydrogen-bond donors (Lipinski definition) is 0. The molecule has 7 nitrogen and oxygen atoms in total. The van der Waals surface area contributed by atoms with E-state index in [1.54, 1.807) is 0 Å². The van der Waals surface area contributed by atoms with Crippen LogP contribution in [-0.2, 0) is 14.6 Å². The molecule has 2 unspecified atom stereocenters. The summed E-state index contributed by atoms with van der Waals surface area (Å²) in [5.41, 5.74) is 0. The van der Waals surface area contributed by atoms with Crippen molar-refractivity contribution < 1.29 is 17.6 Å². The van der Waals surface area contributed by atoms with Gasteiger partial charge in [0.25, 0.3) is 5.22 Å². The van der Waals surface area contributed by atoms with Crippen LogP contribution < -0.4 is 0 Å². The van der Waals surface area contributed by atoms with Crippen LogP contribution in [0.2, 0.25) is 0 Å². The molecule has 1 amide bonds. The SMILES string of the molecule is CC1CCCCN1C(=O)CSc1nnc(C2CCS(=O)(=O)C2)o1. The summed E-state index contributed by atoms with van der Waals surface area (Å²) >= 11 is 1.22. The van der Waals surface area contributed by atoms with Gasteiger partial charge >= 0.3 is 0 Å². The lowest BCUT2D eigenvalue weighted by molar-refractivity contribution is -0.131. The predicted octanol–water partition coefficient (Wildman–Crippen LogP) is 1.46. The molecule has 2 atom stereocenters. The molecule has 1 aromatic heterocycles. The number of amides is 1. The Morgan fingerprint density at radius 2 is 2.17 bits per heavy atom. The molecule has 9 heteroatoms. The molecule has 0 radical (unpaired) electrons. The van der Waals surface area contributed by atoms with E-state index in [4.69, 9.17) is 4.42 Å². The standard InChI is InChI=1S/C14H21N3O4S2/c1-10-4-2-3-6-17(10)12(18)8-22-14-16-15-13(21-14)11-5-7-23(19,20)9-11/h10-11H,2-9H2,1H3. The Morgan fingerprint density at radius 3 is 2.87 bits per heavy atom. The summed E-state index contributed by atoms with van der Waals surface area (Å²) in [6.07, 6.45) is 3.81. The molecule has 0 saturated carbocycles. The molecule has 0 aliphatic carbocycles. The topological polar surface area (TPSA) is 93.4 Å². The molecule has 0 spiro atoms. The number of rotatable bonds is 4. The highest BCUT2D eigenvalue weighted by Gasteiger charge is 2.33. The molecule has 2 fully saturated rings. The average molecular weight is 359 g/mol. The molecule has 2 saturated heterocycles. The summed E-state index contributed by atoms with van der Waals surface area (Å²) in [5.74, 6) is 0.768. The van der Waals surface area contributed by atoms with E-state index in [1.165, 1.54) is 18.2 Å². The third kappa shape index (κ3) is 4.06. The average Bonchev–Trinajstić information content (AvgIpc) is 3.11. The quantitative estimate of drug-likeness (QED) is 0.751. The summed E-state index contributed by atoms with van der Waals surface area (Å²) in [4.78, 5) is 14.2. The van der Waals surface area contributed by atoms with Crippen LogP contribution in [0.15, 0.2) is 9.64 Å². The van der Waals surface area contributed by atoms with E-state index in [0.29, 0.717) is 23.6 Å². The molecular weight excluding hydrogens is 338 g/mol. The molecular formula is C14H21N3O4S2. The second kappa shape index (κ2) is 6.80. The molecule has 0 aromatic carbocycles. The first-order valence-corrected chi connectivity index (χ1v) is 10.7. The van der Waals surface area contributed by atoms with Crippen molar-refractivity contribution in [2.75, 3.05) is 23.8 Å². The Kier molecular flexibility index (Phi) is 4.96. The lowest BCUT2D eigenvalue weighted by Crippen LogP contribution is -2.42. The fourth-order valence-corrected chi connectivity index (χ4v) is 5.50. The van der Waals surface area contributed by atoms with Crippen LogP contribution in [0.5, 0.6) is 0 Å². The summed E-state index contributed by atoms with van der Waals surface area (Å²) < 4.78 is 28.5. The number of nitrogens with zero attached hydrogens (tertiary/aromatic N) is 3. The first-order valence-electron chi connectivity index (χ1n) is 7.91. The van der Waals surface area contributed by atoms with E-state index in [2.05, 4.69) is 17.1 Å². The van der Waals surface area contributed by atoms with Gasteiger partial charge in [0.1, 0.15) is 0 Å². The Bertz CT molecular complexity index is 673. The maximum Gasteiger partial charge on any atom is 0.277 e. The van der Waals surface area contributed by atoms with Crippen molar-refractivity contribution in [2.24, 2.45) is 0 Å². The molecule has 1 aromatic rings. The summed E-state index contributed by atoms with van der Waals surface area (Å²) in [6.45, 7) is 2.89. The number of sulfone groups is 1. The van der Waals surface area contributed by atoms with Gasteiger partial charge in [-0.3, -0.25) is 4.79 Å². The molecule has 128 valence electrons. The van der Waals surface area contributed by atoms with Crippen molar-refractivity contribution in [3.63, 3.8) is 0 Å².